The largest absolute Gasteiger partial charge is 0.462 e. The Hall–Kier alpha value is -1.35. The number of esters is 1. The molecular formula is C21H32O12. The molecule has 0 aromatic carbocycles. The second-order valence-electron chi connectivity index (χ2n) is 9.52. The molecule has 33 heavy (non-hydrogen) atoms. The summed E-state index contributed by atoms with van der Waals surface area (Å²) in [6.45, 7) is 2.33. The van der Waals surface area contributed by atoms with E-state index in [0.29, 0.717) is 5.57 Å². The van der Waals surface area contributed by atoms with Gasteiger partial charge in [0.1, 0.15) is 36.1 Å². The van der Waals surface area contributed by atoms with Gasteiger partial charge in [-0.25, -0.2) is 0 Å². The molecule has 2 saturated heterocycles. The van der Waals surface area contributed by atoms with Crippen LogP contribution in [0.4, 0.5) is 0 Å². The molecule has 3 fully saturated rings. The quantitative estimate of drug-likeness (QED) is 0.158. The molecule has 3 aliphatic heterocycles. The van der Waals surface area contributed by atoms with Gasteiger partial charge in [0.05, 0.1) is 38.1 Å². The van der Waals surface area contributed by atoms with Crippen molar-refractivity contribution in [3.05, 3.63) is 11.8 Å². The van der Waals surface area contributed by atoms with Gasteiger partial charge in [0.15, 0.2) is 6.29 Å². The van der Waals surface area contributed by atoms with E-state index in [1.54, 1.807) is 0 Å². The Bertz CT molecular complexity index is 756. The van der Waals surface area contributed by atoms with E-state index in [2.05, 4.69) is 0 Å². The van der Waals surface area contributed by atoms with E-state index >= 15 is 0 Å². The van der Waals surface area contributed by atoms with E-state index in [-0.39, 0.29) is 18.9 Å². The molecule has 4 rings (SSSR count). The molecular weight excluding hydrogens is 444 g/mol. The maximum Gasteiger partial charge on any atom is 0.309 e. The molecule has 11 atom stereocenters. The number of aliphatic hydroxyl groups excluding tert-OH is 5. The fourth-order valence-electron chi connectivity index (χ4n) is 4.99. The van der Waals surface area contributed by atoms with Crippen LogP contribution in [0.25, 0.3) is 0 Å². The first kappa shape index (κ1) is 24.8. The van der Waals surface area contributed by atoms with E-state index in [9.17, 15) is 35.4 Å². The van der Waals surface area contributed by atoms with Crippen molar-refractivity contribution in [1.82, 2.24) is 0 Å². The van der Waals surface area contributed by atoms with Gasteiger partial charge in [-0.05, 0) is 11.5 Å². The normalized spacial score (nSPS) is 46.3. The molecule has 4 aliphatic rings. The zero-order valence-electron chi connectivity index (χ0n) is 18.4. The first-order valence-corrected chi connectivity index (χ1v) is 11.1. The maximum absolute atomic E-state index is 12.2. The smallest absolute Gasteiger partial charge is 0.309 e. The highest BCUT2D eigenvalue weighted by molar-refractivity contribution is 5.69. The Labute approximate surface area is 190 Å². The third-order valence-corrected chi connectivity index (χ3v) is 6.75. The van der Waals surface area contributed by atoms with Gasteiger partial charge >= 0.3 is 5.97 Å². The highest BCUT2D eigenvalue weighted by atomic mass is 16.7. The lowest BCUT2D eigenvalue weighted by Crippen LogP contribution is -2.59. The highest BCUT2D eigenvalue weighted by Gasteiger charge is 2.74. The number of ether oxygens (including phenoxy) is 5. The lowest BCUT2D eigenvalue weighted by Gasteiger charge is -2.42. The third-order valence-electron chi connectivity index (χ3n) is 6.75. The van der Waals surface area contributed by atoms with Crippen molar-refractivity contribution >= 4 is 5.97 Å². The van der Waals surface area contributed by atoms with Gasteiger partial charge in [0, 0.05) is 12.3 Å². The lowest BCUT2D eigenvalue weighted by molar-refractivity contribution is -0.300. The van der Waals surface area contributed by atoms with Crippen LogP contribution in [0.1, 0.15) is 20.3 Å². The Morgan fingerprint density at radius 2 is 1.85 bits per heavy atom. The number of aliphatic hydroxyl groups is 6. The number of epoxide rings is 1. The van der Waals surface area contributed by atoms with Crippen LogP contribution in [0.2, 0.25) is 0 Å². The summed E-state index contributed by atoms with van der Waals surface area (Å²) in [5.74, 6) is -1.76. The number of carbonyl (C=O) groups excluding carboxylic acids is 1. The Balaban J connectivity index is 1.49. The molecule has 6 N–H and O–H groups in total. The number of fused-ring (bicyclic) bond motifs is 3. The minimum Gasteiger partial charge on any atom is -0.462 e. The van der Waals surface area contributed by atoms with Crippen molar-refractivity contribution < 1.29 is 59.1 Å². The van der Waals surface area contributed by atoms with Crippen LogP contribution < -0.4 is 0 Å². The second kappa shape index (κ2) is 9.36. The molecule has 0 bridgehead atoms. The summed E-state index contributed by atoms with van der Waals surface area (Å²) >= 11 is 0. The molecule has 0 spiro atoms. The fraction of sp³-hybridized carbons (Fsp3) is 0.857. The molecule has 188 valence electrons. The van der Waals surface area contributed by atoms with E-state index in [0.717, 1.165) is 0 Å². The van der Waals surface area contributed by atoms with Crippen molar-refractivity contribution in [2.24, 2.45) is 17.8 Å². The first-order chi connectivity index (χ1) is 15.6. The predicted molar refractivity (Wildman–Crippen MR) is 106 cm³/mol. The molecule has 0 amide bonds. The molecule has 12 heteroatoms. The van der Waals surface area contributed by atoms with Crippen LogP contribution in [-0.2, 0) is 28.5 Å². The summed E-state index contributed by atoms with van der Waals surface area (Å²) in [5, 5.41) is 60.4. The van der Waals surface area contributed by atoms with Gasteiger partial charge in [0.2, 0.25) is 6.29 Å². The zero-order chi connectivity index (χ0) is 24.1. The summed E-state index contributed by atoms with van der Waals surface area (Å²) in [7, 11) is 0. The van der Waals surface area contributed by atoms with E-state index in [1.165, 1.54) is 6.26 Å². The van der Waals surface area contributed by atoms with Crippen LogP contribution in [0, 0.1) is 17.8 Å². The predicted octanol–water partition coefficient (Wildman–Crippen LogP) is -2.63. The van der Waals surface area contributed by atoms with Crippen LogP contribution in [0.15, 0.2) is 11.8 Å². The molecule has 0 aromatic rings. The van der Waals surface area contributed by atoms with Gasteiger partial charge in [-0.2, -0.15) is 0 Å². The molecule has 3 heterocycles. The summed E-state index contributed by atoms with van der Waals surface area (Å²) in [6, 6.07) is 0. The van der Waals surface area contributed by atoms with Crippen molar-refractivity contribution in [2.75, 3.05) is 19.8 Å². The zero-order valence-corrected chi connectivity index (χ0v) is 18.4. The Morgan fingerprint density at radius 3 is 2.48 bits per heavy atom. The van der Waals surface area contributed by atoms with Crippen molar-refractivity contribution in [3.63, 3.8) is 0 Å². The van der Waals surface area contributed by atoms with E-state index in [1.807, 2.05) is 13.8 Å². The number of hydrogen-bond acceptors (Lipinski definition) is 12. The fourth-order valence-corrected chi connectivity index (χ4v) is 4.99. The molecule has 0 radical (unpaired) electrons. The topological polar surface area (TPSA) is 188 Å². The van der Waals surface area contributed by atoms with Gasteiger partial charge in [-0.1, -0.05) is 13.8 Å². The van der Waals surface area contributed by atoms with Crippen molar-refractivity contribution in [3.8, 4) is 0 Å². The SMILES string of the molecule is CC(C)CC(=O)O[C@@H]1OC=C(CO[C@@H]2O[C@@H](CO)[C@@H](O)[C@@H](O)[C@@H]2O)[C@H]2[C@@H]3O[C@@H]3[C@@](O)(CO)[C@@H]12. The van der Waals surface area contributed by atoms with Gasteiger partial charge in [-0.15, -0.1) is 0 Å². The van der Waals surface area contributed by atoms with Gasteiger partial charge < -0.3 is 54.3 Å². The summed E-state index contributed by atoms with van der Waals surface area (Å²) in [4.78, 5) is 12.2. The maximum atomic E-state index is 12.2. The van der Waals surface area contributed by atoms with E-state index < -0.39 is 85.8 Å². The Morgan fingerprint density at radius 1 is 1.12 bits per heavy atom. The summed E-state index contributed by atoms with van der Waals surface area (Å²) < 4.78 is 27.6. The number of hydrogen-bond donors (Lipinski definition) is 6. The Kier molecular flexibility index (Phi) is 7.03. The molecule has 12 nitrogen and oxygen atoms in total. The van der Waals surface area contributed by atoms with Crippen LogP contribution >= 0.6 is 0 Å². The average Bonchev–Trinajstić information content (AvgIpc) is 3.53. The van der Waals surface area contributed by atoms with Crippen LogP contribution in [0.3, 0.4) is 0 Å². The van der Waals surface area contributed by atoms with Crippen LogP contribution in [0.5, 0.6) is 0 Å². The minimum absolute atomic E-state index is 0.0620. The van der Waals surface area contributed by atoms with Gasteiger partial charge in [-0.3, -0.25) is 4.79 Å². The molecule has 1 saturated carbocycles. The molecule has 0 unspecified atom stereocenters. The standard InChI is InChI=1S/C21H32O12/c1-8(2)3-11(24)32-19-13-12(17-18(33-17)21(13,28)7-23)9(5-29-19)6-30-20-16(27)15(26)14(25)10(4-22)31-20/h5,8,10,12-20,22-23,25-28H,3-4,6-7H2,1-2H3/t10-,12+,13+,14+,15+,16-,17-,18-,19-,20+,21+/m0/s1. The van der Waals surface area contributed by atoms with Crippen molar-refractivity contribution in [1.29, 1.82) is 0 Å². The molecule has 1 aliphatic carbocycles. The monoisotopic (exact) mass is 476 g/mol. The summed E-state index contributed by atoms with van der Waals surface area (Å²) in [6.07, 6.45) is -7.90. The van der Waals surface area contributed by atoms with Gasteiger partial charge in [0.25, 0.3) is 0 Å². The van der Waals surface area contributed by atoms with E-state index in [4.69, 9.17) is 23.7 Å². The number of rotatable bonds is 8. The highest BCUT2D eigenvalue weighted by Crippen LogP contribution is 2.58. The molecule has 0 aromatic heterocycles. The average molecular weight is 476 g/mol. The lowest BCUT2D eigenvalue weighted by atomic mass is 9.79. The minimum atomic E-state index is -1.69. The summed E-state index contributed by atoms with van der Waals surface area (Å²) in [5.41, 5.74) is -1.19. The first-order valence-electron chi connectivity index (χ1n) is 11.1. The van der Waals surface area contributed by atoms with Crippen LogP contribution in [-0.4, -0.2) is 111 Å². The number of carbonyl (C=O) groups is 1. The third kappa shape index (κ3) is 4.40. The van der Waals surface area contributed by atoms with Crippen molar-refractivity contribution in [2.45, 2.75) is 75.1 Å². The second-order valence-corrected chi connectivity index (χ2v) is 9.52.